The van der Waals surface area contributed by atoms with E-state index in [4.69, 9.17) is 9.47 Å². The molecule has 9 heteroatoms. The average molecular weight is 475 g/mol. The third-order valence-corrected chi connectivity index (χ3v) is 5.68. The van der Waals surface area contributed by atoms with E-state index in [1.807, 2.05) is 0 Å². The summed E-state index contributed by atoms with van der Waals surface area (Å²) in [5.74, 6) is -2.08. The molecule has 0 saturated heterocycles. The molecule has 0 aromatic heterocycles. The normalized spacial score (nSPS) is 17.6. The van der Waals surface area contributed by atoms with Crippen molar-refractivity contribution in [2.75, 3.05) is 6.61 Å². The highest BCUT2D eigenvalue weighted by Gasteiger charge is 2.38. The quantitative estimate of drug-likeness (QED) is 0.211. The Hall–Kier alpha value is -3.20. The van der Waals surface area contributed by atoms with Crippen LogP contribution in [-0.4, -0.2) is 40.8 Å². The lowest BCUT2D eigenvalue weighted by Crippen LogP contribution is -2.33. The van der Waals surface area contributed by atoms with Crippen LogP contribution in [0.25, 0.3) is 0 Å². The summed E-state index contributed by atoms with van der Waals surface area (Å²) >= 11 is 0. The molecule has 0 fully saturated rings. The van der Waals surface area contributed by atoms with Crippen LogP contribution in [0.1, 0.15) is 71.8 Å². The molecule has 1 heterocycles. The number of rotatable bonds is 11. The standard InChI is InChI=1S/C25H34N2O7/c1-6-33-24(29)21-17(4)26-18(5)22(23(21)19-12-9-13-20(14-19)27(31)32)25(30)34-16(3)11-8-7-10-15(2)28/h9,12-16,23,26,28H,6-8,10-11H2,1-5H3. The summed E-state index contributed by atoms with van der Waals surface area (Å²) in [6.07, 6.45) is 2.15. The van der Waals surface area contributed by atoms with E-state index in [9.17, 15) is 24.8 Å². The van der Waals surface area contributed by atoms with Gasteiger partial charge in [0.25, 0.3) is 5.69 Å². The van der Waals surface area contributed by atoms with Crippen LogP contribution in [-0.2, 0) is 19.1 Å². The zero-order valence-corrected chi connectivity index (χ0v) is 20.4. The molecule has 1 aromatic carbocycles. The average Bonchev–Trinajstić information content (AvgIpc) is 2.76. The first-order valence-corrected chi connectivity index (χ1v) is 11.6. The van der Waals surface area contributed by atoms with Crippen LogP contribution >= 0.6 is 0 Å². The van der Waals surface area contributed by atoms with E-state index in [1.165, 1.54) is 18.2 Å². The van der Waals surface area contributed by atoms with E-state index in [1.54, 1.807) is 40.7 Å². The maximum Gasteiger partial charge on any atom is 0.337 e. The first-order chi connectivity index (χ1) is 16.1. The number of benzene rings is 1. The first kappa shape index (κ1) is 27.0. The Morgan fingerprint density at radius 1 is 1.12 bits per heavy atom. The van der Waals surface area contributed by atoms with Gasteiger partial charge < -0.3 is 19.9 Å². The minimum absolute atomic E-state index is 0.142. The van der Waals surface area contributed by atoms with E-state index in [0.717, 1.165) is 12.8 Å². The zero-order valence-electron chi connectivity index (χ0n) is 20.4. The molecule has 34 heavy (non-hydrogen) atoms. The number of allylic oxidation sites excluding steroid dienone is 2. The van der Waals surface area contributed by atoms with E-state index in [-0.39, 0.29) is 35.6 Å². The van der Waals surface area contributed by atoms with E-state index in [0.29, 0.717) is 29.8 Å². The molecule has 0 spiro atoms. The van der Waals surface area contributed by atoms with Crippen molar-refractivity contribution in [1.29, 1.82) is 0 Å². The predicted octanol–water partition coefficient (Wildman–Crippen LogP) is 4.27. The van der Waals surface area contributed by atoms with Crippen molar-refractivity contribution >= 4 is 17.6 Å². The molecule has 2 N–H and O–H groups in total. The van der Waals surface area contributed by atoms with Crippen molar-refractivity contribution < 1.29 is 29.1 Å². The van der Waals surface area contributed by atoms with Gasteiger partial charge in [0.15, 0.2) is 0 Å². The molecule has 9 nitrogen and oxygen atoms in total. The summed E-state index contributed by atoms with van der Waals surface area (Å²) in [6, 6.07) is 5.89. The van der Waals surface area contributed by atoms with Crippen molar-refractivity contribution in [1.82, 2.24) is 5.32 Å². The number of non-ortho nitro benzene ring substituents is 1. The lowest BCUT2D eigenvalue weighted by Gasteiger charge is -2.31. The number of nitro benzene ring substituents is 1. The Balaban J connectivity index is 2.40. The SMILES string of the molecule is CCOC(=O)C1=C(C)NC(C)=C(C(=O)OC(C)CCCCC(C)O)C1c1cccc([N+](=O)[O-])c1. The number of esters is 2. The van der Waals surface area contributed by atoms with E-state index >= 15 is 0 Å². The van der Waals surface area contributed by atoms with Crippen LogP contribution in [0.3, 0.4) is 0 Å². The smallest absolute Gasteiger partial charge is 0.337 e. The Morgan fingerprint density at radius 3 is 2.32 bits per heavy atom. The van der Waals surface area contributed by atoms with Gasteiger partial charge in [-0.3, -0.25) is 10.1 Å². The molecule has 0 saturated carbocycles. The largest absolute Gasteiger partial charge is 0.463 e. The molecule has 1 aliphatic heterocycles. The number of carbonyl (C=O) groups is 2. The number of dihydropyridines is 1. The molecule has 1 aliphatic rings. The fourth-order valence-corrected chi connectivity index (χ4v) is 4.07. The fraction of sp³-hybridized carbons (Fsp3) is 0.520. The van der Waals surface area contributed by atoms with Gasteiger partial charge in [-0.2, -0.15) is 0 Å². The van der Waals surface area contributed by atoms with Gasteiger partial charge in [-0.15, -0.1) is 0 Å². The minimum atomic E-state index is -0.880. The van der Waals surface area contributed by atoms with E-state index in [2.05, 4.69) is 5.32 Å². The number of nitrogens with zero attached hydrogens (tertiary/aromatic N) is 1. The third-order valence-electron chi connectivity index (χ3n) is 5.68. The molecule has 0 amide bonds. The van der Waals surface area contributed by atoms with Crippen LogP contribution in [0.5, 0.6) is 0 Å². The first-order valence-electron chi connectivity index (χ1n) is 11.6. The maximum absolute atomic E-state index is 13.3. The minimum Gasteiger partial charge on any atom is -0.463 e. The van der Waals surface area contributed by atoms with Crippen molar-refractivity contribution in [3.8, 4) is 0 Å². The summed E-state index contributed by atoms with van der Waals surface area (Å²) < 4.78 is 11.0. The Bertz CT molecular complexity index is 981. The summed E-state index contributed by atoms with van der Waals surface area (Å²) in [6.45, 7) is 8.76. The number of hydrogen-bond acceptors (Lipinski definition) is 8. The lowest BCUT2D eigenvalue weighted by atomic mass is 9.80. The molecule has 0 bridgehead atoms. The van der Waals surface area contributed by atoms with Crippen molar-refractivity contribution in [3.63, 3.8) is 0 Å². The number of unbranched alkanes of at least 4 members (excludes halogenated alkanes) is 1. The Kier molecular flexibility index (Phi) is 9.80. The molecule has 2 rings (SSSR count). The van der Waals surface area contributed by atoms with Crippen molar-refractivity contribution in [3.05, 3.63) is 62.5 Å². The number of hydrogen-bond donors (Lipinski definition) is 2. The van der Waals surface area contributed by atoms with Crippen LogP contribution in [0.15, 0.2) is 46.8 Å². The molecule has 1 aromatic rings. The van der Waals surface area contributed by atoms with Gasteiger partial charge in [0.05, 0.1) is 40.8 Å². The predicted molar refractivity (Wildman–Crippen MR) is 127 cm³/mol. The number of carbonyl (C=O) groups excluding carboxylic acids is 2. The number of ether oxygens (including phenoxy) is 2. The van der Waals surface area contributed by atoms with Gasteiger partial charge in [0, 0.05) is 23.5 Å². The zero-order chi connectivity index (χ0) is 25.4. The van der Waals surface area contributed by atoms with Crippen LogP contribution in [0, 0.1) is 10.1 Å². The molecule has 3 unspecified atom stereocenters. The van der Waals surface area contributed by atoms with Gasteiger partial charge >= 0.3 is 11.9 Å². The summed E-state index contributed by atoms with van der Waals surface area (Å²) in [7, 11) is 0. The summed E-state index contributed by atoms with van der Waals surface area (Å²) in [4.78, 5) is 37.1. The van der Waals surface area contributed by atoms with Gasteiger partial charge in [-0.1, -0.05) is 18.6 Å². The molecule has 3 atom stereocenters. The van der Waals surface area contributed by atoms with Gasteiger partial charge in [0.2, 0.25) is 0 Å². The topological polar surface area (TPSA) is 128 Å². The van der Waals surface area contributed by atoms with Crippen LogP contribution in [0.4, 0.5) is 5.69 Å². The highest BCUT2D eigenvalue weighted by atomic mass is 16.6. The van der Waals surface area contributed by atoms with Gasteiger partial charge in [-0.05, 0) is 59.4 Å². The fourth-order valence-electron chi connectivity index (χ4n) is 4.07. The summed E-state index contributed by atoms with van der Waals surface area (Å²) in [5, 5.41) is 23.9. The van der Waals surface area contributed by atoms with Crippen LogP contribution in [0.2, 0.25) is 0 Å². The van der Waals surface area contributed by atoms with Crippen LogP contribution < -0.4 is 5.32 Å². The monoisotopic (exact) mass is 474 g/mol. The second kappa shape index (κ2) is 12.3. The highest BCUT2D eigenvalue weighted by Crippen LogP contribution is 2.40. The number of nitrogens with one attached hydrogen (secondary N) is 1. The number of aliphatic hydroxyl groups is 1. The van der Waals surface area contributed by atoms with E-state index < -0.39 is 22.8 Å². The Labute approximate surface area is 200 Å². The number of nitro groups is 1. The van der Waals surface area contributed by atoms with Crippen molar-refractivity contribution in [2.24, 2.45) is 0 Å². The van der Waals surface area contributed by atoms with Gasteiger partial charge in [-0.25, -0.2) is 9.59 Å². The highest BCUT2D eigenvalue weighted by molar-refractivity contribution is 6.00. The second-order valence-electron chi connectivity index (χ2n) is 8.56. The Morgan fingerprint density at radius 2 is 1.74 bits per heavy atom. The van der Waals surface area contributed by atoms with Gasteiger partial charge in [0.1, 0.15) is 0 Å². The molecular weight excluding hydrogens is 440 g/mol. The third kappa shape index (κ3) is 6.90. The molecular formula is C25H34N2O7. The number of aliphatic hydroxyl groups excluding tert-OH is 1. The maximum atomic E-state index is 13.3. The molecule has 0 radical (unpaired) electrons. The van der Waals surface area contributed by atoms with Crippen molar-refractivity contribution in [2.45, 2.75) is 78.4 Å². The summed E-state index contributed by atoms with van der Waals surface area (Å²) in [5.41, 5.74) is 1.72. The molecule has 0 aliphatic carbocycles. The second-order valence-corrected chi connectivity index (χ2v) is 8.56. The lowest BCUT2D eigenvalue weighted by molar-refractivity contribution is -0.384. The molecule has 186 valence electrons.